The second kappa shape index (κ2) is 7.64. The second-order valence-electron chi connectivity index (χ2n) is 6.99. The van der Waals surface area contributed by atoms with E-state index in [2.05, 4.69) is 15.3 Å². The number of hydrogen-bond donors (Lipinski definition) is 1. The lowest BCUT2D eigenvalue weighted by Crippen LogP contribution is -2.32. The normalized spacial score (nSPS) is 19.4. The molecular weight excluding hydrogens is 369 g/mol. The van der Waals surface area contributed by atoms with Crippen LogP contribution in [0.3, 0.4) is 0 Å². The second-order valence-corrected chi connectivity index (χ2v) is 7.42. The molecule has 0 fully saturated rings. The fraction of sp³-hybridized carbons (Fsp3) is 0.350. The molecule has 3 rings (SSSR count). The van der Waals surface area contributed by atoms with Crippen molar-refractivity contribution in [2.24, 2.45) is 10.9 Å². The molecule has 0 bridgehead atoms. The first-order valence-corrected chi connectivity index (χ1v) is 9.12. The van der Waals surface area contributed by atoms with Crippen LogP contribution in [0.25, 0.3) is 0 Å². The molecule has 1 amide bonds. The van der Waals surface area contributed by atoms with Crippen molar-refractivity contribution in [2.75, 3.05) is 11.9 Å². The molecule has 2 aromatic rings. The van der Waals surface area contributed by atoms with Crippen LogP contribution in [0.4, 0.5) is 10.1 Å². The number of pyridine rings is 1. The summed E-state index contributed by atoms with van der Waals surface area (Å²) in [6.07, 6.45) is 1.95. The van der Waals surface area contributed by atoms with Crippen LogP contribution in [0.1, 0.15) is 43.2 Å². The molecule has 0 saturated heterocycles. The molecule has 0 radical (unpaired) electrons. The fourth-order valence-corrected chi connectivity index (χ4v) is 3.01. The summed E-state index contributed by atoms with van der Waals surface area (Å²) < 4.78 is 20.2. The van der Waals surface area contributed by atoms with Crippen LogP contribution < -0.4 is 5.32 Å². The van der Waals surface area contributed by atoms with Crippen LogP contribution in [0.2, 0.25) is 5.02 Å². The highest BCUT2D eigenvalue weighted by molar-refractivity contribution is 6.30. The number of nitrogens with zero attached hydrogens (tertiary/aromatic N) is 2. The lowest BCUT2D eigenvalue weighted by atomic mass is 9.87. The van der Waals surface area contributed by atoms with Crippen molar-refractivity contribution in [1.82, 2.24) is 4.98 Å². The van der Waals surface area contributed by atoms with Gasteiger partial charge in [-0.2, -0.15) is 0 Å². The quantitative estimate of drug-likeness (QED) is 0.815. The number of halogens is 2. The Morgan fingerprint density at radius 1 is 1.33 bits per heavy atom. The topological polar surface area (TPSA) is 63.6 Å². The first kappa shape index (κ1) is 19.3. The number of anilines is 1. The van der Waals surface area contributed by atoms with E-state index in [1.165, 1.54) is 24.4 Å². The first-order valence-electron chi connectivity index (χ1n) is 8.74. The Morgan fingerprint density at radius 2 is 2.11 bits per heavy atom. The van der Waals surface area contributed by atoms with E-state index in [0.717, 1.165) is 0 Å². The Hall–Kier alpha value is -2.47. The number of benzene rings is 1. The molecule has 0 unspecified atom stereocenters. The van der Waals surface area contributed by atoms with Gasteiger partial charge in [0.15, 0.2) is 5.90 Å². The van der Waals surface area contributed by atoms with E-state index < -0.39 is 11.4 Å². The van der Waals surface area contributed by atoms with E-state index in [-0.39, 0.29) is 17.4 Å². The lowest BCUT2D eigenvalue weighted by molar-refractivity contribution is 0.102. The zero-order valence-corrected chi connectivity index (χ0v) is 16.2. The number of hydrogen-bond acceptors (Lipinski definition) is 4. The summed E-state index contributed by atoms with van der Waals surface area (Å²) in [6, 6.07) is 7.59. The number of ether oxygens (including phenoxy) is 1. The van der Waals surface area contributed by atoms with Crippen molar-refractivity contribution in [3.63, 3.8) is 0 Å². The molecule has 0 aliphatic carbocycles. The van der Waals surface area contributed by atoms with Crippen LogP contribution in [0.15, 0.2) is 41.5 Å². The average molecular weight is 390 g/mol. The molecule has 5 nitrogen and oxygen atoms in total. The van der Waals surface area contributed by atoms with Crippen molar-refractivity contribution in [1.29, 1.82) is 0 Å². The molecule has 27 heavy (non-hydrogen) atoms. The van der Waals surface area contributed by atoms with Crippen molar-refractivity contribution in [3.8, 4) is 0 Å². The van der Waals surface area contributed by atoms with Crippen LogP contribution in [-0.4, -0.2) is 23.4 Å². The van der Waals surface area contributed by atoms with Gasteiger partial charge in [-0.15, -0.1) is 0 Å². The Bertz CT molecular complexity index is 883. The Labute approximate surface area is 162 Å². The van der Waals surface area contributed by atoms with Crippen LogP contribution in [0, 0.1) is 11.7 Å². The smallest absolute Gasteiger partial charge is 0.274 e. The summed E-state index contributed by atoms with van der Waals surface area (Å²) in [5.41, 5.74) is 0.372. The van der Waals surface area contributed by atoms with E-state index >= 15 is 0 Å². The van der Waals surface area contributed by atoms with Gasteiger partial charge in [-0.25, -0.2) is 14.4 Å². The van der Waals surface area contributed by atoms with Gasteiger partial charge in [-0.05, 0) is 37.3 Å². The number of rotatable bonds is 4. The molecule has 0 saturated carbocycles. The summed E-state index contributed by atoms with van der Waals surface area (Å²) in [7, 11) is 0. The predicted molar refractivity (Wildman–Crippen MR) is 104 cm³/mol. The summed E-state index contributed by atoms with van der Waals surface area (Å²) in [6.45, 7) is 6.31. The largest absolute Gasteiger partial charge is 0.481 e. The fourth-order valence-electron chi connectivity index (χ4n) is 2.90. The van der Waals surface area contributed by atoms with Gasteiger partial charge in [0.1, 0.15) is 11.5 Å². The minimum Gasteiger partial charge on any atom is -0.481 e. The maximum absolute atomic E-state index is 14.6. The average Bonchev–Trinajstić information content (AvgIpc) is 2.63. The van der Waals surface area contributed by atoms with E-state index in [0.29, 0.717) is 35.2 Å². The van der Waals surface area contributed by atoms with Gasteiger partial charge in [0.2, 0.25) is 0 Å². The zero-order valence-electron chi connectivity index (χ0n) is 15.4. The SMILES string of the molecule is CC(C)C1=N[C@](C)(c2cc(NC(=O)c3ccc(Cl)cn3)ccc2F)CCO1. The minimum absolute atomic E-state index is 0.117. The molecule has 7 heteroatoms. The summed E-state index contributed by atoms with van der Waals surface area (Å²) in [5, 5.41) is 3.19. The standard InChI is InChI=1S/C20H21ClFN3O2/c1-12(2)19-25-20(3,8-9-27-19)15-10-14(5-6-16(15)22)24-18(26)17-7-4-13(21)11-23-17/h4-7,10-12H,8-9H2,1-3H3,(H,24,26)/t20-/m0/s1. The predicted octanol–water partition coefficient (Wildman–Crippen LogP) is 4.82. The van der Waals surface area contributed by atoms with Crippen molar-refractivity contribution < 1.29 is 13.9 Å². The van der Waals surface area contributed by atoms with E-state index in [1.54, 1.807) is 12.1 Å². The molecule has 1 aromatic carbocycles. The summed E-state index contributed by atoms with van der Waals surface area (Å²) in [5.74, 6) is -0.0314. The van der Waals surface area contributed by atoms with Crippen LogP contribution >= 0.6 is 11.6 Å². The number of carbonyl (C=O) groups is 1. The molecule has 142 valence electrons. The molecule has 2 heterocycles. The van der Waals surface area contributed by atoms with Gasteiger partial charge < -0.3 is 10.1 Å². The highest BCUT2D eigenvalue weighted by Crippen LogP contribution is 2.36. The van der Waals surface area contributed by atoms with E-state index in [9.17, 15) is 9.18 Å². The molecule has 1 atom stereocenters. The Balaban J connectivity index is 1.89. The van der Waals surface area contributed by atoms with Gasteiger partial charge in [-0.3, -0.25) is 4.79 Å². The number of amides is 1. The minimum atomic E-state index is -0.749. The van der Waals surface area contributed by atoms with Gasteiger partial charge in [0.05, 0.1) is 17.2 Å². The number of nitrogens with one attached hydrogen (secondary N) is 1. The first-order chi connectivity index (χ1) is 12.8. The lowest BCUT2D eigenvalue weighted by Gasteiger charge is -2.32. The molecule has 1 aromatic heterocycles. The number of aromatic nitrogens is 1. The zero-order chi connectivity index (χ0) is 19.6. The Kier molecular flexibility index (Phi) is 5.46. The van der Waals surface area contributed by atoms with Crippen LogP contribution in [0.5, 0.6) is 0 Å². The third-order valence-corrected chi connectivity index (χ3v) is 4.68. The van der Waals surface area contributed by atoms with Gasteiger partial charge in [0, 0.05) is 29.8 Å². The van der Waals surface area contributed by atoms with Gasteiger partial charge in [0.25, 0.3) is 5.91 Å². The molecule has 0 spiro atoms. The summed E-state index contributed by atoms with van der Waals surface area (Å²) in [4.78, 5) is 21.0. The van der Waals surface area contributed by atoms with Gasteiger partial charge in [-0.1, -0.05) is 25.4 Å². The number of carbonyl (C=O) groups excluding carboxylic acids is 1. The number of aliphatic imine (C=N–C) groups is 1. The van der Waals surface area contributed by atoms with Crippen molar-refractivity contribution in [2.45, 2.75) is 32.7 Å². The van der Waals surface area contributed by atoms with Crippen LogP contribution in [-0.2, 0) is 10.3 Å². The van der Waals surface area contributed by atoms with E-state index in [4.69, 9.17) is 16.3 Å². The molecular formula is C20H21ClFN3O2. The Morgan fingerprint density at radius 3 is 2.78 bits per heavy atom. The van der Waals surface area contributed by atoms with Crippen molar-refractivity contribution >= 4 is 29.1 Å². The van der Waals surface area contributed by atoms with Crippen molar-refractivity contribution in [3.05, 3.63) is 58.6 Å². The molecule has 1 N–H and O–H groups in total. The monoisotopic (exact) mass is 389 g/mol. The van der Waals surface area contributed by atoms with Gasteiger partial charge >= 0.3 is 0 Å². The highest BCUT2D eigenvalue weighted by atomic mass is 35.5. The maximum atomic E-state index is 14.6. The third kappa shape index (κ3) is 4.27. The third-order valence-electron chi connectivity index (χ3n) is 4.45. The molecule has 1 aliphatic rings. The summed E-state index contributed by atoms with van der Waals surface area (Å²) >= 11 is 5.79. The highest BCUT2D eigenvalue weighted by Gasteiger charge is 2.34. The van der Waals surface area contributed by atoms with E-state index in [1.807, 2.05) is 20.8 Å². The maximum Gasteiger partial charge on any atom is 0.274 e. The molecule has 1 aliphatic heterocycles.